The van der Waals surface area contributed by atoms with Crippen molar-refractivity contribution in [3.8, 4) is 17.2 Å². The predicted octanol–water partition coefficient (Wildman–Crippen LogP) is 1.86. The lowest BCUT2D eigenvalue weighted by molar-refractivity contribution is 0.0697. The van der Waals surface area contributed by atoms with E-state index in [2.05, 4.69) is 0 Å². The number of piperazine rings is 1. The van der Waals surface area contributed by atoms with Crippen LogP contribution in [0.5, 0.6) is 17.2 Å². The summed E-state index contributed by atoms with van der Waals surface area (Å²) >= 11 is 0. The van der Waals surface area contributed by atoms with Gasteiger partial charge in [-0.3, -0.25) is 4.79 Å². The minimum Gasteiger partial charge on any atom is -0.497 e. The Hall–Kier alpha value is -2.78. The SMILES string of the molecule is COc1cccc(C(=O)N2CCN(S(=O)(=O)c3ccc(OC)c(OC)c3)CC2)c1. The molecule has 1 aliphatic heterocycles. The molecule has 1 aliphatic rings. The van der Waals surface area contributed by atoms with Gasteiger partial charge in [0.05, 0.1) is 26.2 Å². The molecule has 0 radical (unpaired) electrons. The van der Waals surface area contributed by atoms with Crippen molar-refractivity contribution in [1.82, 2.24) is 9.21 Å². The third kappa shape index (κ3) is 4.30. The highest BCUT2D eigenvalue weighted by molar-refractivity contribution is 7.89. The number of hydrogen-bond acceptors (Lipinski definition) is 6. The summed E-state index contributed by atoms with van der Waals surface area (Å²) in [5.74, 6) is 1.26. The quantitative estimate of drug-likeness (QED) is 0.709. The Morgan fingerprint density at radius 2 is 1.55 bits per heavy atom. The minimum atomic E-state index is -3.70. The molecule has 0 atom stereocenters. The molecule has 2 aromatic carbocycles. The van der Waals surface area contributed by atoms with Crippen LogP contribution in [0.4, 0.5) is 0 Å². The Kier molecular flexibility index (Phi) is 6.29. The number of benzene rings is 2. The molecule has 0 bridgehead atoms. The van der Waals surface area contributed by atoms with E-state index in [-0.39, 0.29) is 23.9 Å². The zero-order valence-electron chi connectivity index (χ0n) is 16.6. The third-order valence-corrected chi connectivity index (χ3v) is 6.73. The molecule has 156 valence electrons. The number of carbonyl (C=O) groups excluding carboxylic acids is 1. The van der Waals surface area contributed by atoms with Crippen LogP contribution in [0.15, 0.2) is 47.4 Å². The molecule has 2 aromatic rings. The largest absolute Gasteiger partial charge is 0.497 e. The molecule has 29 heavy (non-hydrogen) atoms. The van der Waals surface area contributed by atoms with Crippen molar-refractivity contribution in [1.29, 1.82) is 0 Å². The molecule has 9 heteroatoms. The molecule has 1 fully saturated rings. The fraction of sp³-hybridized carbons (Fsp3) is 0.350. The fourth-order valence-electron chi connectivity index (χ4n) is 3.20. The van der Waals surface area contributed by atoms with Crippen molar-refractivity contribution in [3.05, 3.63) is 48.0 Å². The van der Waals surface area contributed by atoms with Crippen LogP contribution in [0.1, 0.15) is 10.4 Å². The molecule has 0 aromatic heterocycles. The van der Waals surface area contributed by atoms with E-state index in [4.69, 9.17) is 14.2 Å². The summed E-state index contributed by atoms with van der Waals surface area (Å²) in [6.07, 6.45) is 0. The van der Waals surface area contributed by atoms with Crippen LogP contribution in [0.3, 0.4) is 0 Å². The Morgan fingerprint density at radius 3 is 2.17 bits per heavy atom. The summed E-state index contributed by atoms with van der Waals surface area (Å²) in [5, 5.41) is 0. The van der Waals surface area contributed by atoms with Crippen molar-refractivity contribution < 1.29 is 27.4 Å². The second-order valence-corrected chi connectivity index (χ2v) is 8.38. The van der Waals surface area contributed by atoms with Gasteiger partial charge in [0.15, 0.2) is 11.5 Å². The van der Waals surface area contributed by atoms with Crippen LogP contribution >= 0.6 is 0 Å². The van der Waals surface area contributed by atoms with Crippen molar-refractivity contribution in [3.63, 3.8) is 0 Å². The molecule has 1 saturated heterocycles. The number of carbonyl (C=O) groups is 1. The number of rotatable bonds is 6. The molecule has 0 N–H and O–H groups in total. The first-order valence-electron chi connectivity index (χ1n) is 9.06. The number of ether oxygens (including phenoxy) is 3. The van der Waals surface area contributed by atoms with Crippen molar-refractivity contribution >= 4 is 15.9 Å². The molecule has 1 amide bonds. The van der Waals surface area contributed by atoms with E-state index < -0.39 is 10.0 Å². The van der Waals surface area contributed by atoms with E-state index in [0.29, 0.717) is 35.9 Å². The number of hydrogen-bond donors (Lipinski definition) is 0. The number of methoxy groups -OCH3 is 3. The van der Waals surface area contributed by atoms with E-state index in [1.165, 1.54) is 30.7 Å². The highest BCUT2D eigenvalue weighted by Crippen LogP contribution is 2.31. The first-order valence-corrected chi connectivity index (χ1v) is 10.5. The Bertz CT molecular complexity index is 984. The van der Waals surface area contributed by atoms with Gasteiger partial charge >= 0.3 is 0 Å². The summed E-state index contributed by atoms with van der Waals surface area (Å²) in [6.45, 7) is 1.05. The molecule has 0 aliphatic carbocycles. The van der Waals surface area contributed by atoms with Gasteiger partial charge in [-0.1, -0.05) is 6.07 Å². The maximum Gasteiger partial charge on any atom is 0.254 e. The minimum absolute atomic E-state index is 0.128. The highest BCUT2D eigenvalue weighted by atomic mass is 32.2. The van der Waals surface area contributed by atoms with Gasteiger partial charge in [0.1, 0.15) is 5.75 Å². The fourth-order valence-corrected chi connectivity index (χ4v) is 4.63. The Labute approximate surface area is 170 Å². The maximum absolute atomic E-state index is 13.0. The van der Waals surface area contributed by atoms with Crippen LogP contribution in [-0.2, 0) is 10.0 Å². The molecule has 0 saturated carbocycles. The van der Waals surface area contributed by atoms with Gasteiger partial charge in [0.2, 0.25) is 10.0 Å². The van der Waals surface area contributed by atoms with Crippen molar-refractivity contribution in [2.24, 2.45) is 0 Å². The van der Waals surface area contributed by atoms with Gasteiger partial charge < -0.3 is 19.1 Å². The average Bonchev–Trinajstić information content (AvgIpc) is 2.78. The second-order valence-electron chi connectivity index (χ2n) is 6.45. The summed E-state index contributed by atoms with van der Waals surface area (Å²) in [6, 6.07) is 11.4. The Morgan fingerprint density at radius 1 is 0.862 bits per heavy atom. The van der Waals surface area contributed by atoms with Gasteiger partial charge in [-0.05, 0) is 30.3 Å². The second kappa shape index (κ2) is 8.71. The first-order chi connectivity index (χ1) is 13.9. The van der Waals surface area contributed by atoms with Gasteiger partial charge in [-0.15, -0.1) is 0 Å². The first kappa shape index (κ1) is 20.9. The van der Waals surface area contributed by atoms with Crippen LogP contribution in [0.25, 0.3) is 0 Å². The van der Waals surface area contributed by atoms with Crippen LogP contribution in [-0.4, -0.2) is 71.0 Å². The van der Waals surface area contributed by atoms with Gasteiger partial charge in [0, 0.05) is 37.8 Å². The van der Waals surface area contributed by atoms with E-state index in [1.54, 1.807) is 42.3 Å². The van der Waals surface area contributed by atoms with E-state index in [1.807, 2.05) is 0 Å². The molecular formula is C20H24N2O6S. The highest BCUT2D eigenvalue weighted by Gasteiger charge is 2.31. The maximum atomic E-state index is 13.0. The lowest BCUT2D eigenvalue weighted by Crippen LogP contribution is -2.50. The van der Waals surface area contributed by atoms with Crippen LogP contribution in [0.2, 0.25) is 0 Å². The van der Waals surface area contributed by atoms with Crippen molar-refractivity contribution in [2.45, 2.75) is 4.90 Å². The Balaban J connectivity index is 1.72. The molecule has 0 unspecified atom stereocenters. The van der Waals surface area contributed by atoms with Crippen LogP contribution in [0, 0.1) is 0 Å². The van der Waals surface area contributed by atoms with Crippen molar-refractivity contribution in [2.75, 3.05) is 47.5 Å². The third-order valence-electron chi connectivity index (χ3n) is 4.84. The summed E-state index contributed by atoms with van der Waals surface area (Å²) in [5.41, 5.74) is 0.514. The molecule has 0 spiro atoms. The normalized spacial score (nSPS) is 15.1. The number of amides is 1. The molecule has 3 rings (SSSR count). The lowest BCUT2D eigenvalue weighted by Gasteiger charge is -2.34. The summed E-state index contributed by atoms with van der Waals surface area (Å²) in [7, 11) is 0.785. The number of nitrogens with zero attached hydrogens (tertiary/aromatic N) is 2. The molecule has 8 nitrogen and oxygen atoms in total. The monoisotopic (exact) mass is 420 g/mol. The lowest BCUT2D eigenvalue weighted by atomic mass is 10.1. The van der Waals surface area contributed by atoms with Gasteiger partial charge in [-0.2, -0.15) is 4.31 Å². The standard InChI is InChI=1S/C20H24N2O6S/c1-26-16-6-4-5-15(13-16)20(23)21-9-11-22(12-10-21)29(24,25)17-7-8-18(27-2)19(14-17)28-3/h4-8,13-14H,9-12H2,1-3H3. The number of sulfonamides is 1. The average molecular weight is 420 g/mol. The smallest absolute Gasteiger partial charge is 0.254 e. The topological polar surface area (TPSA) is 85.4 Å². The summed E-state index contributed by atoms with van der Waals surface area (Å²) in [4.78, 5) is 14.5. The van der Waals surface area contributed by atoms with E-state index in [0.717, 1.165) is 0 Å². The zero-order valence-corrected chi connectivity index (χ0v) is 17.4. The van der Waals surface area contributed by atoms with Gasteiger partial charge in [0.25, 0.3) is 5.91 Å². The van der Waals surface area contributed by atoms with E-state index in [9.17, 15) is 13.2 Å². The predicted molar refractivity (Wildman–Crippen MR) is 107 cm³/mol. The van der Waals surface area contributed by atoms with Crippen LogP contribution < -0.4 is 14.2 Å². The molecule has 1 heterocycles. The van der Waals surface area contributed by atoms with Gasteiger partial charge in [-0.25, -0.2) is 8.42 Å². The molecular weight excluding hydrogens is 396 g/mol. The van der Waals surface area contributed by atoms with E-state index >= 15 is 0 Å². The zero-order chi connectivity index (χ0) is 21.0. The summed E-state index contributed by atoms with van der Waals surface area (Å²) < 4.78 is 42.9.